The highest BCUT2D eigenvalue weighted by Crippen LogP contribution is 2.42. The molecule has 1 N–H and O–H groups in total. The van der Waals surface area contributed by atoms with Crippen LogP contribution in [0.2, 0.25) is 0 Å². The largest absolute Gasteiger partial charge is 0.478 e. The van der Waals surface area contributed by atoms with Gasteiger partial charge in [-0.2, -0.15) is 0 Å². The molecule has 18 heavy (non-hydrogen) atoms. The first kappa shape index (κ1) is 12.5. The highest BCUT2D eigenvalue weighted by Gasteiger charge is 2.42. The Balaban J connectivity index is 2.81. The number of nitrogens with zero attached hydrogens (tertiary/aromatic N) is 1. The van der Waals surface area contributed by atoms with Gasteiger partial charge in [0.1, 0.15) is 0 Å². The van der Waals surface area contributed by atoms with Crippen molar-refractivity contribution in [3.8, 4) is 0 Å². The fourth-order valence-electron chi connectivity index (χ4n) is 2.36. The Morgan fingerprint density at radius 3 is 2.33 bits per heavy atom. The van der Waals surface area contributed by atoms with Crippen molar-refractivity contribution >= 4 is 11.8 Å². The number of hydrogen-bond donors (Lipinski definition) is 1. The molecule has 0 saturated heterocycles. The van der Waals surface area contributed by atoms with E-state index in [2.05, 4.69) is 0 Å². The molecule has 2 rings (SSSR count). The van der Waals surface area contributed by atoms with Gasteiger partial charge in [-0.15, -0.1) is 0 Å². The van der Waals surface area contributed by atoms with E-state index in [1.165, 1.54) is 11.5 Å². The lowest BCUT2D eigenvalue weighted by Gasteiger charge is -2.19. The van der Waals surface area contributed by atoms with Crippen LogP contribution in [0.1, 0.15) is 53.1 Å². The van der Waals surface area contributed by atoms with Gasteiger partial charge in [0, 0.05) is 22.9 Å². The minimum Gasteiger partial charge on any atom is -0.478 e. The van der Waals surface area contributed by atoms with E-state index in [4.69, 9.17) is 0 Å². The van der Waals surface area contributed by atoms with Crippen LogP contribution in [0.25, 0.3) is 0 Å². The first-order chi connectivity index (χ1) is 8.28. The molecule has 0 amide bonds. The zero-order chi connectivity index (χ0) is 13.7. The molecule has 0 radical (unpaired) electrons. The number of pyridine rings is 1. The van der Waals surface area contributed by atoms with Crippen LogP contribution < -0.4 is 5.56 Å². The Bertz CT molecular complexity index is 608. The quantitative estimate of drug-likeness (QED) is 0.825. The molecular weight excluding hydrogens is 234 g/mol. The highest BCUT2D eigenvalue weighted by atomic mass is 16.4. The molecule has 0 aromatic carbocycles. The van der Waals surface area contributed by atoms with Crippen molar-refractivity contribution in [1.29, 1.82) is 0 Å². The zero-order valence-electron chi connectivity index (χ0n) is 10.6. The molecule has 1 aromatic rings. The van der Waals surface area contributed by atoms with Gasteiger partial charge in [0.2, 0.25) is 0 Å². The maximum Gasteiger partial charge on any atom is 0.338 e. The average molecular weight is 249 g/mol. The first-order valence-corrected chi connectivity index (χ1v) is 5.79. The summed E-state index contributed by atoms with van der Waals surface area (Å²) in [4.78, 5) is 34.8. The van der Waals surface area contributed by atoms with Crippen LogP contribution in [0.3, 0.4) is 0 Å². The van der Waals surface area contributed by atoms with Crippen molar-refractivity contribution in [3.05, 3.63) is 33.2 Å². The Morgan fingerprint density at radius 1 is 1.39 bits per heavy atom. The predicted molar refractivity (Wildman–Crippen MR) is 65.3 cm³/mol. The molecule has 1 fully saturated rings. The molecule has 1 aliphatic carbocycles. The van der Waals surface area contributed by atoms with E-state index in [9.17, 15) is 19.5 Å². The lowest BCUT2D eigenvalue weighted by molar-refractivity contribution is 0.0690. The SMILES string of the molecule is CC(=O)c1cc(=O)n(C2(C)CC2)c(C)c1C(=O)O. The van der Waals surface area contributed by atoms with E-state index in [0.717, 1.165) is 18.9 Å². The van der Waals surface area contributed by atoms with Crippen LogP contribution in [-0.4, -0.2) is 21.4 Å². The van der Waals surface area contributed by atoms with Crippen molar-refractivity contribution in [2.24, 2.45) is 0 Å². The Morgan fingerprint density at radius 2 is 1.94 bits per heavy atom. The van der Waals surface area contributed by atoms with Crippen LogP contribution in [0.4, 0.5) is 0 Å². The van der Waals surface area contributed by atoms with Gasteiger partial charge in [-0.25, -0.2) is 4.79 Å². The molecule has 5 heteroatoms. The number of carboxylic acid groups (broad SMARTS) is 1. The molecule has 0 unspecified atom stereocenters. The number of carboxylic acids is 1. The third kappa shape index (κ3) is 1.75. The number of aromatic nitrogens is 1. The lowest BCUT2D eigenvalue weighted by atomic mass is 10.0. The minimum atomic E-state index is -1.17. The second-order valence-electron chi connectivity index (χ2n) is 5.05. The fraction of sp³-hybridized carbons (Fsp3) is 0.462. The summed E-state index contributed by atoms with van der Waals surface area (Å²) in [6.45, 7) is 4.77. The van der Waals surface area contributed by atoms with Crippen LogP contribution >= 0.6 is 0 Å². The van der Waals surface area contributed by atoms with E-state index in [1.807, 2.05) is 6.92 Å². The molecular formula is C13H15NO4. The van der Waals surface area contributed by atoms with E-state index in [1.54, 1.807) is 6.92 Å². The van der Waals surface area contributed by atoms with Crippen molar-refractivity contribution in [3.63, 3.8) is 0 Å². The number of hydrogen-bond acceptors (Lipinski definition) is 3. The summed E-state index contributed by atoms with van der Waals surface area (Å²) in [7, 11) is 0. The van der Waals surface area contributed by atoms with Crippen LogP contribution in [0.5, 0.6) is 0 Å². The Labute approximate surface area is 104 Å². The summed E-state index contributed by atoms with van der Waals surface area (Å²) in [5.74, 6) is -1.57. The molecule has 0 atom stereocenters. The summed E-state index contributed by atoms with van der Waals surface area (Å²) in [6, 6.07) is 1.14. The minimum absolute atomic E-state index is 0.00880. The van der Waals surface area contributed by atoms with Gasteiger partial charge >= 0.3 is 5.97 Å². The van der Waals surface area contributed by atoms with Crippen LogP contribution in [0, 0.1) is 6.92 Å². The van der Waals surface area contributed by atoms with Gasteiger partial charge in [-0.1, -0.05) is 0 Å². The van der Waals surface area contributed by atoms with E-state index in [0.29, 0.717) is 5.69 Å². The topological polar surface area (TPSA) is 76.4 Å². The summed E-state index contributed by atoms with van der Waals surface area (Å²) in [5.41, 5.74) is -0.302. The second-order valence-corrected chi connectivity index (χ2v) is 5.05. The number of rotatable bonds is 3. The number of aromatic carboxylic acids is 1. The van der Waals surface area contributed by atoms with Gasteiger partial charge in [-0.05, 0) is 33.6 Å². The second kappa shape index (κ2) is 3.80. The molecule has 0 aliphatic heterocycles. The average Bonchev–Trinajstić information content (AvgIpc) is 2.95. The van der Waals surface area contributed by atoms with Crippen LogP contribution in [0.15, 0.2) is 10.9 Å². The zero-order valence-corrected chi connectivity index (χ0v) is 10.6. The predicted octanol–water partition coefficient (Wildman–Crippen LogP) is 1.57. The van der Waals surface area contributed by atoms with Gasteiger partial charge in [-0.3, -0.25) is 9.59 Å². The standard InChI is InChI=1S/C13H15NO4/c1-7-11(12(17)18)9(8(2)15)6-10(16)14(7)13(3)4-5-13/h6H,4-5H2,1-3H3,(H,17,18). The number of carbonyl (C=O) groups excluding carboxylic acids is 1. The van der Waals surface area contributed by atoms with Crippen molar-refractivity contribution in [2.45, 2.75) is 39.2 Å². The van der Waals surface area contributed by atoms with Crippen LogP contribution in [-0.2, 0) is 5.54 Å². The van der Waals surface area contributed by atoms with Crippen molar-refractivity contribution in [2.75, 3.05) is 0 Å². The molecule has 96 valence electrons. The molecule has 5 nitrogen and oxygen atoms in total. The molecule has 1 aromatic heterocycles. The number of carbonyl (C=O) groups is 2. The summed E-state index contributed by atoms with van der Waals surface area (Å²) in [6.07, 6.45) is 1.71. The summed E-state index contributed by atoms with van der Waals surface area (Å²) >= 11 is 0. The Kier molecular flexibility index (Phi) is 2.65. The van der Waals surface area contributed by atoms with E-state index >= 15 is 0 Å². The van der Waals surface area contributed by atoms with Crippen molar-refractivity contribution in [1.82, 2.24) is 4.57 Å². The maximum atomic E-state index is 12.0. The van der Waals surface area contributed by atoms with E-state index < -0.39 is 11.8 Å². The Hall–Kier alpha value is -1.91. The van der Waals surface area contributed by atoms with Gasteiger partial charge in [0.25, 0.3) is 5.56 Å². The maximum absolute atomic E-state index is 12.0. The first-order valence-electron chi connectivity index (χ1n) is 5.79. The summed E-state index contributed by atoms with van der Waals surface area (Å²) < 4.78 is 1.50. The highest BCUT2D eigenvalue weighted by molar-refractivity contribution is 6.05. The third-order valence-corrected chi connectivity index (χ3v) is 3.56. The van der Waals surface area contributed by atoms with E-state index in [-0.39, 0.29) is 22.2 Å². The monoisotopic (exact) mass is 249 g/mol. The molecule has 0 bridgehead atoms. The normalized spacial score (nSPS) is 16.4. The molecule has 1 aliphatic rings. The van der Waals surface area contributed by atoms with Gasteiger partial charge < -0.3 is 9.67 Å². The molecule has 1 saturated carbocycles. The molecule has 1 heterocycles. The third-order valence-electron chi connectivity index (χ3n) is 3.56. The number of ketones is 1. The van der Waals surface area contributed by atoms with Gasteiger partial charge in [0.05, 0.1) is 5.56 Å². The summed E-state index contributed by atoms with van der Waals surface area (Å²) in [5, 5.41) is 9.23. The fourth-order valence-corrected chi connectivity index (χ4v) is 2.36. The van der Waals surface area contributed by atoms with Crippen molar-refractivity contribution < 1.29 is 14.7 Å². The smallest absolute Gasteiger partial charge is 0.338 e. The lowest BCUT2D eigenvalue weighted by Crippen LogP contribution is -2.33. The number of Topliss-reactive ketones (excluding diaryl/α,β-unsaturated/α-hetero) is 1. The molecule has 0 spiro atoms. The van der Waals surface area contributed by atoms with Gasteiger partial charge in [0.15, 0.2) is 5.78 Å².